The molecule has 0 bridgehead atoms. The van der Waals surface area contributed by atoms with Gasteiger partial charge in [-0.05, 0) is 67.1 Å². The molecular formula is C23H25FN2. The number of aromatic nitrogens is 1. The summed E-state index contributed by atoms with van der Waals surface area (Å²) in [4.78, 5) is 5.67. The lowest BCUT2D eigenvalue weighted by Crippen LogP contribution is -2.29. The van der Waals surface area contributed by atoms with E-state index in [2.05, 4.69) is 46.3 Å². The van der Waals surface area contributed by atoms with E-state index in [1.807, 2.05) is 18.3 Å². The van der Waals surface area contributed by atoms with E-state index >= 15 is 0 Å². The zero-order valence-electron chi connectivity index (χ0n) is 15.0. The van der Waals surface area contributed by atoms with Crippen LogP contribution >= 0.6 is 0 Å². The van der Waals surface area contributed by atoms with E-state index in [0.717, 1.165) is 61.8 Å². The van der Waals surface area contributed by atoms with Gasteiger partial charge in [0.05, 0.1) is 0 Å². The molecule has 0 fully saturated rings. The Hall–Kier alpha value is -2.39. The largest absolute Gasteiger partial charge is 0.361 e. The molecule has 26 heavy (non-hydrogen) atoms. The fourth-order valence-corrected chi connectivity index (χ4v) is 3.89. The first-order chi connectivity index (χ1) is 12.8. The van der Waals surface area contributed by atoms with Gasteiger partial charge in [-0.25, -0.2) is 4.39 Å². The van der Waals surface area contributed by atoms with Crippen LogP contribution < -0.4 is 0 Å². The zero-order chi connectivity index (χ0) is 17.8. The molecule has 1 aromatic heterocycles. The van der Waals surface area contributed by atoms with Crippen LogP contribution in [0.5, 0.6) is 0 Å². The van der Waals surface area contributed by atoms with Crippen LogP contribution in [0.3, 0.4) is 0 Å². The van der Waals surface area contributed by atoms with Crippen LogP contribution in [-0.2, 0) is 6.42 Å². The van der Waals surface area contributed by atoms with Crippen molar-refractivity contribution in [3.05, 3.63) is 77.7 Å². The number of H-pyrrole nitrogens is 1. The highest BCUT2D eigenvalue weighted by Gasteiger charge is 2.13. The summed E-state index contributed by atoms with van der Waals surface area (Å²) in [7, 11) is 0. The highest BCUT2D eigenvalue weighted by atomic mass is 19.1. The van der Waals surface area contributed by atoms with Gasteiger partial charge in [-0.1, -0.05) is 36.4 Å². The molecule has 134 valence electrons. The maximum Gasteiger partial charge on any atom is 0.127 e. The summed E-state index contributed by atoms with van der Waals surface area (Å²) in [6.45, 7) is 3.22. The number of hydrogen-bond donors (Lipinski definition) is 1. The SMILES string of the molecule is Fc1ccc2[nH]ccc2c1CCCCN1CC=C(c2ccccc2)CC1. The third kappa shape index (κ3) is 3.73. The summed E-state index contributed by atoms with van der Waals surface area (Å²) in [6, 6.07) is 16.0. The Labute approximate surface area is 154 Å². The lowest BCUT2D eigenvalue weighted by Gasteiger charge is -2.26. The third-order valence-corrected chi connectivity index (χ3v) is 5.38. The van der Waals surface area contributed by atoms with Crippen molar-refractivity contribution in [2.24, 2.45) is 0 Å². The van der Waals surface area contributed by atoms with Crippen LogP contribution in [0.1, 0.15) is 30.4 Å². The van der Waals surface area contributed by atoms with E-state index in [1.54, 1.807) is 6.07 Å². The van der Waals surface area contributed by atoms with Crippen molar-refractivity contribution in [2.75, 3.05) is 19.6 Å². The highest BCUT2D eigenvalue weighted by Crippen LogP contribution is 2.24. The predicted octanol–water partition coefficient (Wildman–Crippen LogP) is 5.42. The van der Waals surface area contributed by atoms with Gasteiger partial charge in [0, 0.05) is 30.2 Å². The number of unbranched alkanes of at least 4 members (excludes halogenated alkanes) is 1. The molecule has 1 aliphatic rings. The molecule has 0 aliphatic carbocycles. The van der Waals surface area contributed by atoms with Gasteiger partial charge < -0.3 is 4.98 Å². The number of nitrogens with one attached hydrogen (secondary N) is 1. The molecule has 2 aromatic carbocycles. The molecule has 0 unspecified atom stereocenters. The lowest BCUT2D eigenvalue weighted by atomic mass is 9.99. The number of nitrogens with zero attached hydrogens (tertiary/aromatic N) is 1. The van der Waals surface area contributed by atoms with Gasteiger partial charge in [0.25, 0.3) is 0 Å². The predicted molar refractivity (Wildman–Crippen MR) is 107 cm³/mol. The molecule has 2 heterocycles. The molecule has 0 spiro atoms. The minimum Gasteiger partial charge on any atom is -0.361 e. The molecule has 3 aromatic rings. The van der Waals surface area contributed by atoms with Crippen molar-refractivity contribution >= 4 is 16.5 Å². The first kappa shape index (κ1) is 17.0. The van der Waals surface area contributed by atoms with Crippen LogP contribution in [0, 0.1) is 5.82 Å². The van der Waals surface area contributed by atoms with Crippen molar-refractivity contribution < 1.29 is 4.39 Å². The number of fused-ring (bicyclic) bond motifs is 1. The van der Waals surface area contributed by atoms with Crippen LogP contribution in [0.4, 0.5) is 4.39 Å². The summed E-state index contributed by atoms with van der Waals surface area (Å²) in [5.41, 5.74) is 4.69. The van der Waals surface area contributed by atoms with E-state index < -0.39 is 0 Å². The van der Waals surface area contributed by atoms with Crippen molar-refractivity contribution in [1.82, 2.24) is 9.88 Å². The van der Waals surface area contributed by atoms with Crippen molar-refractivity contribution in [3.8, 4) is 0 Å². The average Bonchev–Trinajstić information content (AvgIpc) is 3.17. The number of benzene rings is 2. The van der Waals surface area contributed by atoms with Crippen molar-refractivity contribution in [3.63, 3.8) is 0 Å². The minimum absolute atomic E-state index is 0.0782. The molecule has 2 nitrogen and oxygen atoms in total. The molecule has 3 heteroatoms. The number of aromatic amines is 1. The van der Waals surface area contributed by atoms with Crippen LogP contribution in [0.2, 0.25) is 0 Å². The highest BCUT2D eigenvalue weighted by molar-refractivity contribution is 5.83. The summed E-state index contributed by atoms with van der Waals surface area (Å²) < 4.78 is 14.2. The molecular weight excluding hydrogens is 323 g/mol. The molecule has 4 rings (SSSR count). The quantitative estimate of drug-likeness (QED) is 0.589. The van der Waals surface area contributed by atoms with Crippen LogP contribution in [0.15, 0.2) is 60.8 Å². The van der Waals surface area contributed by atoms with Crippen LogP contribution in [-0.4, -0.2) is 29.5 Å². The topological polar surface area (TPSA) is 19.0 Å². The Morgan fingerprint density at radius 3 is 2.69 bits per heavy atom. The van der Waals surface area contributed by atoms with Crippen LogP contribution in [0.25, 0.3) is 16.5 Å². The number of halogens is 1. The second-order valence-electron chi connectivity index (χ2n) is 7.07. The second kappa shape index (κ2) is 7.88. The fourth-order valence-electron chi connectivity index (χ4n) is 3.89. The zero-order valence-corrected chi connectivity index (χ0v) is 15.0. The summed E-state index contributed by atoms with van der Waals surface area (Å²) in [5, 5.41) is 1.03. The molecule has 0 saturated carbocycles. The molecule has 0 radical (unpaired) electrons. The van der Waals surface area contributed by atoms with Crippen molar-refractivity contribution in [1.29, 1.82) is 0 Å². The summed E-state index contributed by atoms with van der Waals surface area (Å²) >= 11 is 0. The molecule has 0 saturated heterocycles. The normalized spacial score (nSPS) is 15.3. The first-order valence-electron chi connectivity index (χ1n) is 9.52. The first-order valence-corrected chi connectivity index (χ1v) is 9.52. The Morgan fingerprint density at radius 1 is 1.00 bits per heavy atom. The Morgan fingerprint density at radius 2 is 1.88 bits per heavy atom. The van der Waals surface area contributed by atoms with E-state index in [9.17, 15) is 4.39 Å². The van der Waals surface area contributed by atoms with Gasteiger partial charge in [-0.3, -0.25) is 4.90 Å². The van der Waals surface area contributed by atoms with Gasteiger partial charge in [0.1, 0.15) is 5.82 Å². The molecule has 1 aliphatic heterocycles. The van der Waals surface area contributed by atoms with Gasteiger partial charge in [0.2, 0.25) is 0 Å². The monoisotopic (exact) mass is 348 g/mol. The molecule has 0 amide bonds. The second-order valence-corrected chi connectivity index (χ2v) is 7.07. The minimum atomic E-state index is -0.0782. The molecule has 0 atom stereocenters. The Balaban J connectivity index is 1.27. The van der Waals surface area contributed by atoms with Gasteiger partial charge in [-0.2, -0.15) is 0 Å². The number of rotatable bonds is 6. The average molecular weight is 348 g/mol. The van der Waals surface area contributed by atoms with Gasteiger partial charge in [-0.15, -0.1) is 0 Å². The fraction of sp³-hybridized carbons (Fsp3) is 0.304. The smallest absolute Gasteiger partial charge is 0.127 e. The van der Waals surface area contributed by atoms with E-state index in [4.69, 9.17) is 0 Å². The Bertz CT molecular complexity index is 895. The number of hydrogen-bond acceptors (Lipinski definition) is 1. The summed E-state index contributed by atoms with van der Waals surface area (Å²) in [6.07, 6.45) is 8.29. The Kier molecular flexibility index (Phi) is 5.16. The summed E-state index contributed by atoms with van der Waals surface area (Å²) in [5.74, 6) is -0.0782. The van der Waals surface area contributed by atoms with Crippen molar-refractivity contribution in [2.45, 2.75) is 25.7 Å². The molecule has 1 N–H and O–H groups in total. The van der Waals surface area contributed by atoms with Gasteiger partial charge >= 0.3 is 0 Å². The van der Waals surface area contributed by atoms with E-state index in [1.165, 1.54) is 11.1 Å². The lowest BCUT2D eigenvalue weighted by molar-refractivity contribution is 0.295. The van der Waals surface area contributed by atoms with E-state index in [0.29, 0.717) is 0 Å². The van der Waals surface area contributed by atoms with Gasteiger partial charge in [0.15, 0.2) is 0 Å². The third-order valence-electron chi connectivity index (χ3n) is 5.38. The maximum absolute atomic E-state index is 14.2. The number of aryl methyl sites for hydroxylation is 1. The standard InChI is InChI=1S/C23H25FN2/c24-22-9-10-23-21(11-14-25-23)20(22)8-4-5-15-26-16-12-19(13-17-26)18-6-2-1-3-7-18/h1-3,6-7,9-12,14,25H,4-5,8,13,15-17H2. The van der Waals surface area contributed by atoms with E-state index in [-0.39, 0.29) is 5.82 Å². The maximum atomic E-state index is 14.2.